The maximum atomic E-state index is 3.76. The first-order chi connectivity index (χ1) is 8.16. The monoisotopic (exact) mass is 292 g/mol. The van der Waals surface area contributed by atoms with Gasteiger partial charge in [-0.15, -0.1) is 0 Å². The van der Waals surface area contributed by atoms with E-state index in [9.17, 15) is 0 Å². The molecule has 0 aliphatic carbocycles. The average Bonchev–Trinajstić information content (AvgIpc) is 2.87. The van der Waals surface area contributed by atoms with E-state index < -0.39 is 0 Å². The molecule has 17 heavy (non-hydrogen) atoms. The van der Waals surface area contributed by atoms with E-state index >= 15 is 0 Å². The van der Waals surface area contributed by atoms with Gasteiger partial charge < -0.3 is 10.3 Å². The van der Waals surface area contributed by atoms with Crippen LogP contribution in [0.4, 0.5) is 0 Å². The van der Waals surface area contributed by atoms with Crippen molar-refractivity contribution in [1.82, 2.24) is 10.3 Å². The number of aromatic amines is 1. The summed E-state index contributed by atoms with van der Waals surface area (Å²) in [4.78, 5) is 3.59. The molecule has 2 N–H and O–H groups in total. The summed E-state index contributed by atoms with van der Waals surface area (Å²) in [6.07, 6.45) is 2.49. The van der Waals surface area contributed by atoms with Gasteiger partial charge in [-0.1, -0.05) is 11.6 Å². The van der Waals surface area contributed by atoms with Crippen LogP contribution in [0.25, 0.3) is 10.9 Å². The molecule has 1 aromatic heterocycles. The van der Waals surface area contributed by atoms with Crippen molar-refractivity contribution in [1.29, 1.82) is 0 Å². The Morgan fingerprint density at radius 3 is 2.82 bits per heavy atom. The Hall–Kier alpha value is -0.800. The first-order valence-corrected chi connectivity index (χ1v) is 6.98. The largest absolute Gasteiger partial charge is 0.356 e. The van der Waals surface area contributed by atoms with E-state index in [-0.39, 0.29) is 0 Å². The average molecular weight is 293 g/mol. The molecule has 1 aromatic carbocycles. The molecule has 0 amide bonds. The zero-order chi connectivity index (χ0) is 12.0. The molecule has 2 heterocycles. The lowest BCUT2D eigenvalue weighted by Crippen LogP contribution is -2.13. The van der Waals surface area contributed by atoms with Gasteiger partial charge in [0.1, 0.15) is 0 Å². The van der Waals surface area contributed by atoms with Gasteiger partial charge in [0.15, 0.2) is 0 Å². The van der Waals surface area contributed by atoms with Crippen LogP contribution in [-0.4, -0.2) is 11.5 Å². The number of benzene rings is 1. The van der Waals surface area contributed by atoms with Gasteiger partial charge in [-0.25, -0.2) is 0 Å². The minimum Gasteiger partial charge on any atom is -0.356 e. The van der Waals surface area contributed by atoms with E-state index in [1.54, 1.807) is 0 Å². The van der Waals surface area contributed by atoms with Crippen LogP contribution in [0.5, 0.6) is 0 Å². The lowest BCUT2D eigenvalue weighted by molar-refractivity contribution is 0.630. The smallest absolute Gasteiger partial charge is 0.0498 e. The Balaban J connectivity index is 2.20. The molecule has 0 spiro atoms. The summed E-state index contributed by atoms with van der Waals surface area (Å²) in [5.74, 6) is 0. The van der Waals surface area contributed by atoms with Crippen molar-refractivity contribution < 1.29 is 0 Å². The number of hydrogen-bond donors (Lipinski definition) is 2. The van der Waals surface area contributed by atoms with E-state index in [0.29, 0.717) is 6.04 Å². The van der Waals surface area contributed by atoms with Crippen LogP contribution in [0.3, 0.4) is 0 Å². The van der Waals surface area contributed by atoms with Crippen molar-refractivity contribution >= 4 is 26.8 Å². The van der Waals surface area contributed by atoms with Crippen LogP contribution in [0, 0.1) is 13.8 Å². The van der Waals surface area contributed by atoms with Gasteiger partial charge in [0.25, 0.3) is 0 Å². The molecule has 1 unspecified atom stereocenters. The minimum atomic E-state index is 0.483. The van der Waals surface area contributed by atoms with Crippen LogP contribution < -0.4 is 5.32 Å². The number of H-pyrrole nitrogens is 1. The van der Waals surface area contributed by atoms with Gasteiger partial charge in [0, 0.05) is 27.1 Å². The third kappa shape index (κ3) is 1.81. The molecule has 0 bridgehead atoms. The fourth-order valence-electron chi connectivity index (χ4n) is 2.81. The van der Waals surface area contributed by atoms with Gasteiger partial charge in [0.2, 0.25) is 0 Å². The van der Waals surface area contributed by atoms with Crippen molar-refractivity contribution in [2.45, 2.75) is 32.7 Å². The summed E-state index contributed by atoms with van der Waals surface area (Å²) in [6.45, 7) is 5.45. The molecule has 0 saturated carbocycles. The Morgan fingerprint density at radius 2 is 2.12 bits per heavy atom. The maximum absolute atomic E-state index is 3.76. The molecule has 2 nitrogen and oxygen atoms in total. The predicted octanol–water partition coefficient (Wildman–Crippen LogP) is 3.97. The molecule has 1 aliphatic heterocycles. The summed E-state index contributed by atoms with van der Waals surface area (Å²) in [7, 11) is 0. The van der Waals surface area contributed by atoms with E-state index in [1.807, 2.05) is 0 Å². The van der Waals surface area contributed by atoms with Crippen LogP contribution in [0.15, 0.2) is 16.6 Å². The maximum Gasteiger partial charge on any atom is 0.0498 e. The van der Waals surface area contributed by atoms with Gasteiger partial charge in [-0.3, -0.25) is 0 Å². The normalized spacial score (nSPS) is 20.3. The highest BCUT2D eigenvalue weighted by molar-refractivity contribution is 9.10. The third-order valence-corrected chi connectivity index (χ3v) is 4.48. The number of hydrogen-bond acceptors (Lipinski definition) is 1. The molecular weight excluding hydrogens is 276 g/mol. The van der Waals surface area contributed by atoms with Crippen molar-refractivity contribution in [2.75, 3.05) is 6.54 Å². The number of aryl methyl sites for hydroxylation is 2. The van der Waals surface area contributed by atoms with Crippen molar-refractivity contribution in [2.24, 2.45) is 0 Å². The standard InChI is InChI=1S/C14H17BrN2/c1-8-6-9(2)13-10(7-8)12(15)14(17-13)11-4-3-5-16-11/h6-7,11,16-17H,3-5H2,1-2H3. The molecule has 1 saturated heterocycles. The van der Waals surface area contributed by atoms with Gasteiger partial charge in [-0.05, 0) is 60.8 Å². The van der Waals surface area contributed by atoms with Crippen LogP contribution in [0.2, 0.25) is 0 Å². The number of rotatable bonds is 1. The first-order valence-electron chi connectivity index (χ1n) is 6.18. The molecule has 1 fully saturated rings. The van der Waals surface area contributed by atoms with E-state index in [0.717, 1.165) is 6.54 Å². The number of nitrogens with one attached hydrogen (secondary N) is 2. The summed E-state index contributed by atoms with van der Waals surface area (Å²) < 4.78 is 1.23. The third-order valence-electron chi connectivity index (χ3n) is 3.62. The van der Waals surface area contributed by atoms with Gasteiger partial charge in [-0.2, -0.15) is 0 Å². The van der Waals surface area contributed by atoms with Crippen LogP contribution >= 0.6 is 15.9 Å². The molecular formula is C14H17BrN2. The van der Waals surface area contributed by atoms with Crippen molar-refractivity contribution in [3.63, 3.8) is 0 Å². The summed E-state index contributed by atoms with van der Waals surface area (Å²) in [5, 5.41) is 4.86. The second-order valence-electron chi connectivity index (χ2n) is 5.01. The SMILES string of the molecule is Cc1cc(C)c2[nH]c(C3CCCN3)c(Br)c2c1. The molecule has 90 valence electrons. The molecule has 1 aliphatic rings. The fraction of sp³-hybridized carbons (Fsp3) is 0.429. The molecule has 3 rings (SSSR count). The summed E-state index contributed by atoms with van der Waals surface area (Å²) >= 11 is 3.76. The Morgan fingerprint density at radius 1 is 1.29 bits per heavy atom. The molecule has 2 aromatic rings. The highest BCUT2D eigenvalue weighted by Gasteiger charge is 2.22. The first kappa shape index (κ1) is 11.3. The van der Waals surface area contributed by atoms with E-state index in [1.165, 1.54) is 45.0 Å². The van der Waals surface area contributed by atoms with E-state index in [2.05, 4.69) is 52.2 Å². The van der Waals surface area contributed by atoms with Gasteiger partial charge in [0.05, 0.1) is 0 Å². The highest BCUT2D eigenvalue weighted by atomic mass is 79.9. The summed E-state index contributed by atoms with van der Waals surface area (Å²) in [5.41, 5.74) is 5.22. The lowest BCUT2D eigenvalue weighted by atomic mass is 10.1. The fourth-order valence-corrected chi connectivity index (χ4v) is 3.50. The number of fused-ring (bicyclic) bond motifs is 1. The highest BCUT2D eigenvalue weighted by Crippen LogP contribution is 2.36. The Labute approximate surface area is 110 Å². The Bertz CT molecular complexity index is 565. The second-order valence-corrected chi connectivity index (χ2v) is 5.80. The lowest BCUT2D eigenvalue weighted by Gasteiger charge is -2.08. The quantitative estimate of drug-likeness (QED) is 0.818. The molecule has 1 atom stereocenters. The number of aromatic nitrogens is 1. The zero-order valence-electron chi connectivity index (χ0n) is 10.2. The zero-order valence-corrected chi connectivity index (χ0v) is 11.8. The second kappa shape index (κ2) is 4.14. The summed E-state index contributed by atoms with van der Waals surface area (Å²) in [6, 6.07) is 4.97. The van der Waals surface area contributed by atoms with Crippen molar-refractivity contribution in [3.05, 3.63) is 33.4 Å². The number of halogens is 1. The molecule has 3 heteroatoms. The van der Waals surface area contributed by atoms with Crippen LogP contribution in [0.1, 0.15) is 35.7 Å². The van der Waals surface area contributed by atoms with Gasteiger partial charge >= 0.3 is 0 Å². The van der Waals surface area contributed by atoms with Crippen molar-refractivity contribution in [3.8, 4) is 0 Å². The Kier molecular flexibility index (Phi) is 2.75. The van der Waals surface area contributed by atoms with E-state index in [4.69, 9.17) is 0 Å². The topological polar surface area (TPSA) is 27.8 Å². The van der Waals surface area contributed by atoms with Crippen LogP contribution in [-0.2, 0) is 0 Å². The predicted molar refractivity (Wildman–Crippen MR) is 75.5 cm³/mol. The molecule has 0 radical (unpaired) electrons. The minimum absolute atomic E-state index is 0.483.